The van der Waals surface area contributed by atoms with Crippen molar-refractivity contribution in [3.05, 3.63) is 42.5 Å². The van der Waals surface area contributed by atoms with Gasteiger partial charge in [-0.15, -0.1) is 6.58 Å². The van der Waals surface area contributed by atoms with E-state index in [1.807, 2.05) is 36.4 Å². The molecule has 1 aromatic carbocycles. The first-order valence-electron chi connectivity index (χ1n) is 6.29. The summed E-state index contributed by atoms with van der Waals surface area (Å²) in [6.07, 6.45) is 1.37. The molecule has 19 heavy (non-hydrogen) atoms. The molecular formula is C15H20N2O2. The standard InChI is InChI=1S/C15H20N2O2/c1-3-8-17(9-10-18)12-14-4-6-15(7-5-14)19-13(2)11-16/h3-7,13,18H,1,8-10,12H2,2H3. The van der Waals surface area contributed by atoms with E-state index in [0.29, 0.717) is 12.3 Å². The average Bonchev–Trinajstić information content (AvgIpc) is 2.41. The summed E-state index contributed by atoms with van der Waals surface area (Å²) < 4.78 is 5.39. The Labute approximate surface area is 114 Å². The summed E-state index contributed by atoms with van der Waals surface area (Å²) in [5, 5.41) is 17.7. The summed E-state index contributed by atoms with van der Waals surface area (Å²) >= 11 is 0. The van der Waals surface area contributed by atoms with Gasteiger partial charge in [0, 0.05) is 19.6 Å². The summed E-state index contributed by atoms with van der Waals surface area (Å²) in [5.74, 6) is 0.690. The molecule has 0 heterocycles. The van der Waals surface area contributed by atoms with E-state index < -0.39 is 6.10 Å². The molecule has 1 N–H and O–H groups in total. The number of benzene rings is 1. The van der Waals surface area contributed by atoms with Crippen LogP contribution in [0, 0.1) is 11.3 Å². The van der Waals surface area contributed by atoms with Crippen LogP contribution in [0.2, 0.25) is 0 Å². The van der Waals surface area contributed by atoms with Crippen molar-refractivity contribution in [3.8, 4) is 11.8 Å². The Kier molecular flexibility index (Phi) is 6.65. The molecule has 0 spiro atoms. The zero-order valence-electron chi connectivity index (χ0n) is 11.2. The van der Waals surface area contributed by atoms with Gasteiger partial charge in [0.15, 0.2) is 6.10 Å². The van der Waals surface area contributed by atoms with E-state index in [2.05, 4.69) is 11.5 Å². The van der Waals surface area contributed by atoms with Crippen molar-refractivity contribution in [3.63, 3.8) is 0 Å². The smallest absolute Gasteiger partial charge is 0.181 e. The summed E-state index contributed by atoms with van der Waals surface area (Å²) in [7, 11) is 0. The molecule has 4 nitrogen and oxygen atoms in total. The van der Waals surface area contributed by atoms with Crippen molar-refractivity contribution in [2.75, 3.05) is 19.7 Å². The second-order valence-electron chi connectivity index (χ2n) is 4.28. The highest BCUT2D eigenvalue weighted by molar-refractivity contribution is 5.27. The fourth-order valence-corrected chi connectivity index (χ4v) is 1.72. The maximum absolute atomic E-state index is 8.99. The summed E-state index contributed by atoms with van der Waals surface area (Å²) in [6, 6.07) is 9.67. The normalized spacial score (nSPS) is 11.9. The number of aliphatic hydroxyl groups is 1. The van der Waals surface area contributed by atoms with Crippen molar-refractivity contribution < 1.29 is 9.84 Å². The zero-order valence-corrected chi connectivity index (χ0v) is 11.2. The number of hydrogen-bond acceptors (Lipinski definition) is 4. The van der Waals surface area contributed by atoms with Gasteiger partial charge >= 0.3 is 0 Å². The maximum atomic E-state index is 8.99. The third kappa shape index (κ3) is 5.56. The number of nitriles is 1. The molecule has 1 unspecified atom stereocenters. The van der Waals surface area contributed by atoms with Crippen LogP contribution >= 0.6 is 0 Å². The van der Waals surface area contributed by atoms with Crippen molar-refractivity contribution in [1.82, 2.24) is 4.90 Å². The lowest BCUT2D eigenvalue weighted by molar-refractivity contribution is 0.203. The zero-order chi connectivity index (χ0) is 14.1. The topological polar surface area (TPSA) is 56.5 Å². The molecule has 1 aromatic rings. The number of nitrogens with zero attached hydrogens (tertiary/aromatic N) is 2. The van der Waals surface area contributed by atoms with Crippen LogP contribution in [0.15, 0.2) is 36.9 Å². The Morgan fingerprint density at radius 3 is 2.68 bits per heavy atom. The Morgan fingerprint density at radius 2 is 2.16 bits per heavy atom. The minimum absolute atomic E-state index is 0.134. The van der Waals surface area contributed by atoms with E-state index >= 15 is 0 Å². The number of aliphatic hydroxyl groups excluding tert-OH is 1. The second-order valence-corrected chi connectivity index (χ2v) is 4.28. The first-order valence-corrected chi connectivity index (χ1v) is 6.29. The van der Waals surface area contributed by atoms with Gasteiger partial charge in [0.1, 0.15) is 11.8 Å². The first kappa shape index (κ1) is 15.2. The van der Waals surface area contributed by atoms with Crippen LogP contribution in [0.1, 0.15) is 12.5 Å². The maximum Gasteiger partial charge on any atom is 0.181 e. The lowest BCUT2D eigenvalue weighted by Crippen LogP contribution is -2.26. The van der Waals surface area contributed by atoms with Gasteiger partial charge in [0.2, 0.25) is 0 Å². The summed E-state index contributed by atoms with van der Waals surface area (Å²) in [4.78, 5) is 2.10. The van der Waals surface area contributed by atoms with Gasteiger partial charge < -0.3 is 9.84 Å². The van der Waals surface area contributed by atoms with Crippen LogP contribution < -0.4 is 4.74 Å². The Bertz CT molecular complexity index is 423. The summed E-state index contributed by atoms with van der Waals surface area (Å²) in [5.41, 5.74) is 1.13. The molecule has 1 atom stereocenters. The highest BCUT2D eigenvalue weighted by Gasteiger charge is 2.05. The molecule has 0 aliphatic heterocycles. The van der Waals surface area contributed by atoms with E-state index in [4.69, 9.17) is 15.1 Å². The predicted octanol–water partition coefficient (Wildman–Crippen LogP) is 1.96. The molecule has 102 valence electrons. The molecule has 0 aliphatic carbocycles. The number of ether oxygens (including phenoxy) is 1. The Hall–Kier alpha value is -1.83. The largest absolute Gasteiger partial charge is 0.476 e. The molecule has 0 aromatic heterocycles. The molecule has 0 bridgehead atoms. The summed E-state index contributed by atoms with van der Waals surface area (Å²) in [6.45, 7) is 7.66. The lowest BCUT2D eigenvalue weighted by Gasteiger charge is -2.19. The van der Waals surface area contributed by atoms with Crippen LogP contribution in [0.4, 0.5) is 0 Å². The molecule has 0 saturated carbocycles. The molecule has 0 aliphatic rings. The van der Waals surface area contributed by atoms with E-state index in [0.717, 1.165) is 18.7 Å². The van der Waals surface area contributed by atoms with Crippen molar-refractivity contribution in [2.24, 2.45) is 0 Å². The highest BCUT2D eigenvalue weighted by Crippen LogP contribution is 2.15. The molecule has 0 amide bonds. The van der Waals surface area contributed by atoms with E-state index in [9.17, 15) is 0 Å². The third-order valence-corrected chi connectivity index (χ3v) is 2.63. The van der Waals surface area contributed by atoms with Gasteiger partial charge in [-0.25, -0.2) is 0 Å². The molecule has 0 radical (unpaired) electrons. The van der Waals surface area contributed by atoms with E-state index in [-0.39, 0.29) is 6.61 Å². The Balaban J connectivity index is 2.60. The van der Waals surface area contributed by atoms with Gasteiger partial charge in [-0.1, -0.05) is 18.2 Å². The molecule has 1 rings (SSSR count). The van der Waals surface area contributed by atoms with Gasteiger partial charge in [0.05, 0.1) is 6.61 Å². The average molecular weight is 260 g/mol. The fraction of sp³-hybridized carbons (Fsp3) is 0.400. The minimum Gasteiger partial charge on any atom is -0.476 e. The van der Waals surface area contributed by atoms with Gasteiger partial charge in [-0.05, 0) is 24.6 Å². The van der Waals surface area contributed by atoms with Crippen LogP contribution in [-0.2, 0) is 6.54 Å². The molecule has 0 saturated heterocycles. The van der Waals surface area contributed by atoms with Crippen molar-refractivity contribution >= 4 is 0 Å². The van der Waals surface area contributed by atoms with Gasteiger partial charge in [0.25, 0.3) is 0 Å². The van der Waals surface area contributed by atoms with Crippen LogP contribution in [0.5, 0.6) is 5.75 Å². The first-order chi connectivity index (χ1) is 9.19. The molecule has 0 fully saturated rings. The van der Waals surface area contributed by atoms with Crippen molar-refractivity contribution in [2.45, 2.75) is 19.6 Å². The van der Waals surface area contributed by atoms with Crippen LogP contribution in [-0.4, -0.2) is 35.8 Å². The van der Waals surface area contributed by atoms with Crippen molar-refractivity contribution in [1.29, 1.82) is 5.26 Å². The van der Waals surface area contributed by atoms with Crippen LogP contribution in [0.25, 0.3) is 0 Å². The highest BCUT2D eigenvalue weighted by atomic mass is 16.5. The third-order valence-electron chi connectivity index (χ3n) is 2.63. The molecule has 4 heteroatoms. The number of hydrogen-bond donors (Lipinski definition) is 1. The van der Waals surface area contributed by atoms with Gasteiger partial charge in [-0.2, -0.15) is 5.26 Å². The monoisotopic (exact) mass is 260 g/mol. The quantitative estimate of drug-likeness (QED) is 0.726. The van der Waals surface area contributed by atoms with Gasteiger partial charge in [-0.3, -0.25) is 4.90 Å². The Morgan fingerprint density at radius 1 is 1.47 bits per heavy atom. The fourth-order valence-electron chi connectivity index (χ4n) is 1.72. The lowest BCUT2D eigenvalue weighted by atomic mass is 10.2. The number of rotatable bonds is 8. The van der Waals surface area contributed by atoms with E-state index in [1.165, 1.54) is 0 Å². The molecular weight excluding hydrogens is 240 g/mol. The minimum atomic E-state index is -0.447. The van der Waals surface area contributed by atoms with Crippen LogP contribution in [0.3, 0.4) is 0 Å². The van der Waals surface area contributed by atoms with E-state index in [1.54, 1.807) is 6.92 Å². The second kappa shape index (κ2) is 8.30. The predicted molar refractivity (Wildman–Crippen MR) is 74.7 cm³/mol. The SMILES string of the molecule is C=CCN(CCO)Cc1ccc(OC(C)C#N)cc1.